The van der Waals surface area contributed by atoms with Crippen LogP contribution in [0.3, 0.4) is 0 Å². The second kappa shape index (κ2) is 2.01. The SMILES string of the molecule is COc1cn[nH]c1C1CC1. The van der Waals surface area contributed by atoms with Crippen molar-refractivity contribution in [1.82, 2.24) is 10.2 Å². The van der Waals surface area contributed by atoms with E-state index in [2.05, 4.69) is 10.2 Å². The van der Waals surface area contributed by atoms with Crippen LogP contribution in [-0.2, 0) is 0 Å². The van der Waals surface area contributed by atoms with Crippen molar-refractivity contribution in [2.75, 3.05) is 7.11 Å². The van der Waals surface area contributed by atoms with Crippen LogP contribution in [0.15, 0.2) is 6.20 Å². The number of aromatic amines is 1. The van der Waals surface area contributed by atoms with Gasteiger partial charge in [-0.3, -0.25) is 5.10 Å². The van der Waals surface area contributed by atoms with Crippen LogP contribution in [0.5, 0.6) is 5.75 Å². The van der Waals surface area contributed by atoms with Gasteiger partial charge in [-0.05, 0) is 12.8 Å². The summed E-state index contributed by atoms with van der Waals surface area (Å²) in [5.41, 5.74) is 1.17. The molecule has 54 valence electrons. The maximum Gasteiger partial charge on any atom is 0.159 e. The fraction of sp³-hybridized carbons (Fsp3) is 0.571. The molecule has 1 heterocycles. The predicted octanol–water partition coefficient (Wildman–Crippen LogP) is 1.30. The lowest BCUT2D eigenvalue weighted by atomic mass is 10.3. The summed E-state index contributed by atoms with van der Waals surface area (Å²) in [4.78, 5) is 0. The van der Waals surface area contributed by atoms with Gasteiger partial charge >= 0.3 is 0 Å². The molecule has 0 bridgehead atoms. The largest absolute Gasteiger partial charge is 0.493 e. The summed E-state index contributed by atoms with van der Waals surface area (Å²) in [6, 6.07) is 0. The van der Waals surface area contributed by atoms with E-state index in [1.165, 1.54) is 18.5 Å². The molecule has 1 aliphatic rings. The Morgan fingerprint density at radius 3 is 3.10 bits per heavy atom. The molecule has 1 fully saturated rings. The molecule has 3 heteroatoms. The number of nitrogens with zero attached hydrogens (tertiary/aromatic N) is 1. The van der Waals surface area contributed by atoms with Crippen LogP contribution in [0.25, 0.3) is 0 Å². The Labute approximate surface area is 59.4 Å². The topological polar surface area (TPSA) is 37.9 Å². The van der Waals surface area contributed by atoms with Crippen molar-refractivity contribution >= 4 is 0 Å². The second-order valence-electron chi connectivity index (χ2n) is 2.63. The normalized spacial score (nSPS) is 17.3. The molecule has 1 aliphatic carbocycles. The molecular formula is C7H10N2O. The molecule has 0 radical (unpaired) electrons. The molecule has 10 heavy (non-hydrogen) atoms. The Bertz CT molecular complexity index is 227. The van der Waals surface area contributed by atoms with E-state index in [4.69, 9.17) is 4.74 Å². The Hall–Kier alpha value is -0.990. The molecule has 1 aromatic heterocycles. The molecule has 1 N–H and O–H groups in total. The summed E-state index contributed by atoms with van der Waals surface area (Å²) in [6.07, 6.45) is 4.28. The number of H-pyrrole nitrogens is 1. The number of rotatable bonds is 2. The Morgan fingerprint density at radius 2 is 2.50 bits per heavy atom. The third-order valence-electron chi connectivity index (χ3n) is 1.84. The highest BCUT2D eigenvalue weighted by atomic mass is 16.5. The summed E-state index contributed by atoms with van der Waals surface area (Å²) in [5, 5.41) is 6.85. The number of methoxy groups -OCH3 is 1. The Kier molecular flexibility index (Phi) is 1.16. The summed E-state index contributed by atoms with van der Waals surface area (Å²) < 4.78 is 5.09. The van der Waals surface area contributed by atoms with Crippen molar-refractivity contribution in [2.24, 2.45) is 0 Å². The van der Waals surface area contributed by atoms with Gasteiger partial charge in [0.15, 0.2) is 5.75 Å². The lowest BCUT2D eigenvalue weighted by Crippen LogP contribution is -1.86. The molecule has 3 nitrogen and oxygen atoms in total. The van der Waals surface area contributed by atoms with Gasteiger partial charge < -0.3 is 4.74 Å². The van der Waals surface area contributed by atoms with E-state index in [0.717, 1.165) is 5.75 Å². The quantitative estimate of drug-likeness (QED) is 0.668. The van der Waals surface area contributed by atoms with Crippen LogP contribution in [0.4, 0.5) is 0 Å². The van der Waals surface area contributed by atoms with E-state index in [0.29, 0.717) is 5.92 Å². The average molecular weight is 138 g/mol. The summed E-state index contributed by atoms with van der Waals surface area (Å²) in [5.74, 6) is 1.60. The minimum atomic E-state index is 0.692. The van der Waals surface area contributed by atoms with Gasteiger partial charge in [0.25, 0.3) is 0 Å². The smallest absolute Gasteiger partial charge is 0.159 e. The Morgan fingerprint density at radius 1 is 1.70 bits per heavy atom. The van der Waals surface area contributed by atoms with Gasteiger partial charge in [-0.25, -0.2) is 0 Å². The average Bonchev–Trinajstić information content (AvgIpc) is 2.69. The third-order valence-corrected chi connectivity index (χ3v) is 1.84. The van der Waals surface area contributed by atoms with Gasteiger partial charge in [-0.1, -0.05) is 0 Å². The number of hydrogen-bond acceptors (Lipinski definition) is 2. The molecule has 0 saturated heterocycles. The van der Waals surface area contributed by atoms with E-state index in [1.54, 1.807) is 13.3 Å². The van der Waals surface area contributed by atoms with E-state index in [9.17, 15) is 0 Å². The number of ether oxygens (including phenoxy) is 1. The minimum Gasteiger partial charge on any atom is -0.493 e. The van der Waals surface area contributed by atoms with Crippen LogP contribution >= 0.6 is 0 Å². The molecule has 1 aromatic rings. The minimum absolute atomic E-state index is 0.692. The summed E-state index contributed by atoms with van der Waals surface area (Å²) in [7, 11) is 1.68. The van der Waals surface area contributed by atoms with Crippen LogP contribution in [0, 0.1) is 0 Å². The van der Waals surface area contributed by atoms with Crippen molar-refractivity contribution in [3.63, 3.8) is 0 Å². The van der Waals surface area contributed by atoms with Crippen LogP contribution in [0.1, 0.15) is 24.5 Å². The van der Waals surface area contributed by atoms with Crippen molar-refractivity contribution in [1.29, 1.82) is 0 Å². The molecular weight excluding hydrogens is 128 g/mol. The maximum atomic E-state index is 5.09. The molecule has 2 rings (SSSR count). The predicted molar refractivity (Wildman–Crippen MR) is 37.1 cm³/mol. The molecule has 1 saturated carbocycles. The standard InChI is InChI=1S/C7H10N2O/c1-10-6-4-8-9-7(6)5-2-3-5/h4-5H,2-3H2,1H3,(H,8,9). The molecule has 0 spiro atoms. The number of aromatic nitrogens is 2. The second-order valence-corrected chi connectivity index (χ2v) is 2.63. The highest BCUT2D eigenvalue weighted by Gasteiger charge is 2.28. The van der Waals surface area contributed by atoms with Crippen molar-refractivity contribution in [3.8, 4) is 5.75 Å². The Balaban J connectivity index is 2.28. The van der Waals surface area contributed by atoms with Gasteiger partial charge in [0.1, 0.15) is 0 Å². The first kappa shape index (κ1) is 5.77. The fourth-order valence-corrected chi connectivity index (χ4v) is 1.11. The summed E-state index contributed by atoms with van der Waals surface area (Å²) in [6.45, 7) is 0. The van der Waals surface area contributed by atoms with Gasteiger partial charge in [0.2, 0.25) is 0 Å². The molecule has 0 aliphatic heterocycles. The van der Waals surface area contributed by atoms with Crippen LogP contribution in [-0.4, -0.2) is 17.3 Å². The van der Waals surface area contributed by atoms with Gasteiger partial charge in [0.05, 0.1) is 19.0 Å². The zero-order chi connectivity index (χ0) is 6.97. The lowest BCUT2D eigenvalue weighted by Gasteiger charge is -1.96. The highest BCUT2D eigenvalue weighted by molar-refractivity contribution is 5.29. The zero-order valence-electron chi connectivity index (χ0n) is 5.92. The molecule has 0 unspecified atom stereocenters. The van der Waals surface area contributed by atoms with E-state index in [1.807, 2.05) is 0 Å². The number of nitrogens with one attached hydrogen (secondary N) is 1. The van der Waals surface area contributed by atoms with Gasteiger partial charge in [0, 0.05) is 5.92 Å². The monoisotopic (exact) mass is 138 g/mol. The first-order chi connectivity index (χ1) is 4.92. The van der Waals surface area contributed by atoms with Crippen LogP contribution < -0.4 is 4.74 Å². The number of hydrogen-bond donors (Lipinski definition) is 1. The zero-order valence-corrected chi connectivity index (χ0v) is 5.92. The van der Waals surface area contributed by atoms with E-state index in [-0.39, 0.29) is 0 Å². The van der Waals surface area contributed by atoms with Crippen LogP contribution in [0.2, 0.25) is 0 Å². The lowest BCUT2D eigenvalue weighted by molar-refractivity contribution is 0.410. The van der Waals surface area contributed by atoms with E-state index >= 15 is 0 Å². The first-order valence-electron chi connectivity index (χ1n) is 3.49. The fourth-order valence-electron chi connectivity index (χ4n) is 1.11. The van der Waals surface area contributed by atoms with Crippen molar-refractivity contribution in [3.05, 3.63) is 11.9 Å². The maximum absolute atomic E-state index is 5.09. The summed E-state index contributed by atoms with van der Waals surface area (Å²) >= 11 is 0. The molecule has 0 amide bonds. The highest BCUT2D eigenvalue weighted by Crippen LogP contribution is 2.42. The molecule has 0 atom stereocenters. The third kappa shape index (κ3) is 0.781. The van der Waals surface area contributed by atoms with Gasteiger partial charge in [-0.15, -0.1) is 0 Å². The van der Waals surface area contributed by atoms with E-state index < -0.39 is 0 Å². The van der Waals surface area contributed by atoms with Crippen molar-refractivity contribution in [2.45, 2.75) is 18.8 Å². The van der Waals surface area contributed by atoms with Crippen molar-refractivity contribution < 1.29 is 4.74 Å². The first-order valence-corrected chi connectivity index (χ1v) is 3.49. The van der Waals surface area contributed by atoms with Gasteiger partial charge in [-0.2, -0.15) is 5.10 Å². The molecule has 0 aromatic carbocycles.